The van der Waals surface area contributed by atoms with Gasteiger partial charge in [0.1, 0.15) is 5.75 Å². The van der Waals surface area contributed by atoms with Gasteiger partial charge in [0.05, 0.1) is 12.2 Å². The number of ether oxygens (including phenoxy) is 1. The highest BCUT2D eigenvalue weighted by atomic mass is 19.4. The maximum absolute atomic E-state index is 12.6. The molecule has 0 amide bonds. The molecule has 3 nitrogen and oxygen atoms in total. The summed E-state index contributed by atoms with van der Waals surface area (Å²) in [6.07, 6.45) is -4.22. The summed E-state index contributed by atoms with van der Waals surface area (Å²) < 4.78 is 42.6. The smallest absolute Gasteiger partial charge is 0.420 e. The van der Waals surface area contributed by atoms with E-state index in [0.717, 1.165) is 6.07 Å². The molecule has 0 saturated heterocycles. The summed E-state index contributed by atoms with van der Waals surface area (Å²) in [4.78, 5) is 0. The third-order valence-corrected chi connectivity index (χ3v) is 1.87. The van der Waals surface area contributed by atoms with E-state index in [1.807, 2.05) is 0 Å². The number of nitrogens with two attached hydrogens (primary N) is 1. The molecule has 0 aliphatic rings. The van der Waals surface area contributed by atoms with E-state index in [4.69, 9.17) is 15.6 Å². The predicted molar refractivity (Wildman–Crippen MR) is 53.1 cm³/mol. The van der Waals surface area contributed by atoms with Gasteiger partial charge in [-0.1, -0.05) is 0 Å². The van der Waals surface area contributed by atoms with E-state index in [1.54, 1.807) is 0 Å². The van der Waals surface area contributed by atoms with Gasteiger partial charge in [0.2, 0.25) is 0 Å². The summed E-state index contributed by atoms with van der Waals surface area (Å²) in [7, 11) is 0. The van der Waals surface area contributed by atoms with Gasteiger partial charge >= 0.3 is 6.18 Å². The first-order valence-corrected chi connectivity index (χ1v) is 4.65. The van der Waals surface area contributed by atoms with Crippen LogP contribution in [0, 0.1) is 0 Å². The molecule has 0 saturated carbocycles. The number of nitrogen functional groups attached to an aromatic ring is 1. The number of aliphatic hydroxyl groups is 1. The van der Waals surface area contributed by atoms with Gasteiger partial charge in [-0.2, -0.15) is 13.2 Å². The summed E-state index contributed by atoms with van der Waals surface area (Å²) in [6, 6.07) is 3.34. The van der Waals surface area contributed by atoms with Gasteiger partial charge < -0.3 is 15.6 Å². The van der Waals surface area contributed by atoms with Gasteiger partial charge in [0.25, 0.3) is 0 Å². The average molecular weight is 235 g/mol. The number of benzene rings is 1. The Morgan fingerprint density at radius 1 is 1.31 bits per heavy atom. The molecule has 1 aromatic carbocycles. The van der Waals surface area contributed by atoms with E-state index < -0.39 is 11.7 Å². The van der Waals surface area contributed by atoms with E-state index in [1.165, 1.54) is 12.1 Å². The first-order chi connectivity index (χ1) is 7.45. The molecule has 0 aliphatic heterocycles. The molecule has 90 valence electrons. The Morgan fingerprint density at radius 3 is 2.56 bits per heavy atom. The molecule has 6 heteroatoms. The Bertz CT molecular complexity index is 352. The Morgan fingerprint density at radius 2 is 2.00 bits per heavy atom. The van der Waals surface area contributed by atoms with Crippen molar-refractivity contribution in [2.75, 3.05) is 18.9 Å². The number of anilines is 1. The van der Waals surface area contributed by atoms with Crippen molar-refractivity contribution in [3.63, 3.8) is 0 Å². The third kappa shape index (κ3) is 3.30. The number of aliphatic hydroxyl groups excluding tert-OH is 1. The second-order valence-electron chi connectivity index (χ2n) is 3.18. The highest BCUT2D eigenvalue weighted by Gasteiger charge is 2.34. The average Bonchev–Trinajstić information content (AvgIpc) is 2.19. The third-order valence-electron chi connectivity index (χ3n) is 1.87. The standard InChI is InChI=1S/C10H12F3NO2/c11-10(12,13)8-6-7(14)2-3-9(8)16-5-1-4-15/h2-3,6,15H,1,4-5,14H2. The second-order valence-corrected chi connectivity index (χ2v) is 3.18. The largest absolute Gasteiger partial charge is 0.493 e. The van der Waals surface area contributed by atoms with Crippen molar-refractivity contribution in [2.24, 2.45) is 0 Å². The highest BCUT2D eigenvalue weighted by Crippen LogP contribution is 2.37. The van der Waals surface area contributed by atoms with Crippen molar-refractivity contribution in [1.29, 1.82) is 0 Å². The van der Waals surface area contributed by atoms with Crippen molar-refractivity contribution in [3.8, 4) is 5.75 Å². The zero-order valence-electron chi connectivity index (χ0n) is 8.42. The minimum absolute atomic E-state index is 0.0295. The molecule has 3 N–H and O–H groups in total. The number of hydrogen-bond donors (Lipinski definition) is 2. The molecule has 0 fully saturated rings. The Labute approximate surface area is 90.6 Å². The van der Waals surface area contributed by atoms with Gasteiger partial charge in [-0.25, -0.2) is 0 Å². The number of rotatable bonds is 4. The minimum atomic E-state index is -4.50. The van der Waals surface area contributed by atoms with Crippen LogP contribution >= 0.6 is 0 Å². The fraction of sp³-hybridized carbons (Fsp3) is 0.400. The fourth-order valence-corrected chi connectivity index (χ4v) is 1.14. The predicted octanol–water partition coefficient (Wildman–Crippen LogP) is 2.05. The topological polar surface area (TPSA) is 55.5 Å². The van der Waals surface area contributed by atoms with Gasteiger partial charge in [-0.15, -0.1) is 0 Å². The summed E-state index contributed by atoms with van der Waals surface area (Å²) >= 11 is 0. The summed E-state index contributed by atoms with van der Waals surface area (Å²) in [6.45, 7) is -0.0974. The fourth-order valence-electron chi connectivity index (χ4n) is 1.14. The van der Waals surface area contributed by atoms with Crippen LogP contribution in [-0.2, 0) is 6.18 Å². The van der Waals surface area contributed by atoms with Crippen LogP contribution < -0.4 is 10.5 Å². The van der Waals surface area contributed by atoms with Gasteiger partial charge in [-0.3, -0.25) is 0 Å². The molecule has 16 heavy (non-hydrogen) atoms. The summed E-state index contributed by atoms with van der Waals surface area (Å²) in [5, 5.41) is 8.50. The molecule has 1 aromatic rings. The van der Waals surface area contributed by atoms with Crippen LogP contribution in [0.5, 0.6) is 5.75 Å². The molecule has 1 rings (SSSR count). The molecular formula is C10H12F3NO2. The van der Waals surface area contributed by atoms with Crippen molar-refractivity contribution >= 4 is 5.69 Å². The lowest BCUT2D eigenvalue weighted by atomic mass is 10.1. The quantitative estimate of drug-likeness (QED) is 0.620. The molecule has 0 unspecified atom stereocenters. The molecule has 0 radical (unpaired) electrons. The van der Waals surface area contributed by atoms with Crippen LogP contribution in [0.25, 0.3) is 0 Å². The lowest BCUT2D eigenvalue weighted by Crippen LogP contribution is -2.10. The van der Waals surface area contributed by atoms with Crippen LogP contribution in [-0.4, -0.2) is 18.3 Å². The zero-order chi connectivity index (χ0) is 12.2. The van der Waals surface area contributed by atoms with E-state index in [2.05, 4.69) is 0 Å². The van der Waals surface area contributed by atoms with Crippen LogP contribution in [0.15, 0.2) is 18.2 Å². The Balaban J connectivity index is 2.90. The van der Waals surface area contributed by atoms with Crippen LogP contribution in [0.1, 0.15) is 12.0 Å². The number of alkyl halides is 3. The molecule has 0 bridgehead atoms. The van der Waals surface area contributed by atoms with Crippen molar-refractivity contribution in [1.82, 2.24) is 0 Å². The minimum Gasteiger partial charge on any atom is -0.493 e. The summed E-state index contributed by atoms with van der Waals surface area (Å²) in [5.74, 6) is -0.268. The molecule has 0 atom stereocenters. The van der Waals surface area contributed by atoms with Gasteiger partial charge in [0, 0.05) is 18.7 Å². The maximum Gasteiger partial charge on any atom is 0.420 e. The van der Waals surface area contributed by atoms with Crippen molar-refractivity contribution < 1.29 is 23.0 Å². The first-order valence-electron chi connectivity index (χ1n) is 4.65. The molecular weight excluding hydrogens is 223 g/mol. The molecule has 0 aromatic heterocycles. The number of hydrogen-bond acceptors (Lipinski definition) is 3. The van der Waals surface area contributed by atoms with E-state index in [9.17, 15) is 13.2 Å². The Kier molecular flexibility index (Phi) is 4.00. The molecule has 0 aliphatic carbocycles. The monoisotopic (exact) mass is 235 g/mol. The molecule has 0 heterocycles. The van der Waals surface area contributed by atoms with Gasteiger partial charge in [-0.05, 0) is 18.2 Å². The van der Waals surface area contributed by atoms with Crippen LogP contribution in [0.2, 0.25) is 0 Å². The van der Waals surface area contributed by atoms with Gasteiger partial charge in [0.15, 0.2) is 0 Å². The normalized spacial score (nSPS) is 11.5. The van der Waals surface area contributed by atoms with E-state index in [-0.39, 0.29) is 31.1 Å². The molecule has 0 spiro atoms. The number of halogens is 3. The second kappa shape index (κ2) is 5.07. The van der Waals surface area contributed by atoms with E-state index in [0.29, 0.717) is 0 Å². The van der Waals surface area contributed by atoms with Crippen molar-refractivity contribution in [2.45, 2.75) is 12.6 Å². The van der Waals surface area contributed by atoms with E-state index >= 15 is 0 Å². The zero-order valence-corrected chi connectivity index (χ0v) is 8.42. The van der Waals surface area contributed by atoms with Crippen LogP contribution in [0.4, 0.5) is 18.9 Å². The summed E-state index contributed by atoms with van der Waals surface area (Å²) in [5.41, 5.74) is 4.42. The van der Waals surface area contributed by atoms with Crippen LogP contribution in [0.3, 0.4) is 0 Å². The highest BCUT2D eigenvalue weighted by molar-refractivity contribution is 5.49. The van der Waals surface area contributed by atoms with Crippen molar-refractivity contribution in [3.05, 3.63) is 23.8 Å². The maximum atomic E-state index is 12.6. The first kappa shape index (κ1) is 12.6. The Hall–Kier alpha value is -1.43. The SMILES string of the molecule is Nc1ccc(OCCCO)c(C(F)(F)F)c1. The lowest BCUT2D eigenvalue weighted by molar-refractivity contribution is -0.138. The lowest BCUT2D eigenvalue weighted by Gasteiger charge is -2.14.